The van der Waals surface area contributed by atoms with Gasteiger partial charge >= 0.3 is 0 Å². The zero-order valence-corrected chi connectivity index (χ0v) is 10.1. The fraction of sp³-hybridized carbons (Fsp3) is 0.385. The second-order valence-electron chi connectivity index (χ2n) is 4.01. The van der Waals surface area contributed by atoms with Gasteiger partial charge in [0.2, 0.25) is 0 Å². The topological polar surface area (TPSA) is 15.6 Å². The van der Waals surface area contributed by atoms with Crippen molar-refractivity contribution < 1.29 is 0 Å². The monoisotopic (exact) mass is 232 g/mol. The van der Waals surface area contributed by atoms with E-state index in [0.717, 1.165) is 18.7 Å². The third kappa shape index (κ3) is 3.14. The minimum Gasteiger partial charge on any atom is -0.363 e. The molecule has 1 aromatic carbocycles. The highest BCUT2D eigenvalue weighted by Gasteiger charge is 2.06. The Morgan fingerprint density at radius 2 is 1.81 bits per heavy atom. The third-order valence-corrected chi connectivity index (χ3v) is 3.09. The summed E-state index contributed by atoms with van der Waals surface area (Å²) in [5.74, 6) is 0. The second-order valence-corrected chi connectivity index (χ2v) is 4.40. The molecule has 0 aromatic heterocycles. The molecule has 0 radical (unpaired) electrons. The molecule has 1 fully saturated rings. The van der Waals surface area contributed by atoms with Gasteiger partial charge in [-0.15, -0.1) is 0 Å². The van der Waals surface area contributed by atoms with Crippen molar-refractivity contribution >= 4 is 23.5 Å². The molecular weight excluding hydrogens is 216 g/mol. The van der Waals surface area contributed by atoms with Crippen molar-refractivity contribution in [1.82, 2.24) is 4.90 Å². The molecule has 1 aliphatic rings. The van der Waals surface area contributed by atoms with Gasteiger partial charge in [-0.05, 0) is 19.3 Å². The smallest absolute Gasteiger partial charge is 0.135 e. The molecule has 2 nitrogen and oxygen atoms in total. The number of likely N-dealkylation sites (tertiary alicyclic amines) is 1. The summed E-state index contributed by atoms with van der Waals surface area (Å²) < 4.78 is 0. The number of benzene rings is 1. The van der Waals surface area contributed by atoms with Crippen LogP contribution in [-0.4, -0.2) is 29.3 Å². The Balaban J connectivity index is 1.94. The van der Waals surface area contributed by atoms with Crippen molar-refractivity contribution in [3.05, 3.63) is 35.9 Å². The highest BCUT2D eigenvalue weighted by Crippen LogP contribution is 2.07. The quantitative estimate of drug-likeness (QED) is 0.442. The van der Waals surface area contributed by atoms with Crippen LogP contribution in [0.1, 0.15) is 24.8 Å². The summed E-state index contributed by atoms with van der Waals surface area (Å²) in [6, 6.07) is 9.95. The molecule has 0 bridgehead atoms. The van der Waals surface area contributed by atoms with Crippen molar-refractivity contribution in [1.29, 1.82) is 0 Å². The van der Waals surface area contributed by atoms with Crippen molar-refractivity contribution in [2.24, 2.45) is 4.99 Å². The van der Waals surface area contributed by atoms with Crippen molar-refractivity contribution in [3.8, 4) is 0 Å². The number of thiocarbonyl (C=S) groups is 1. The van der Waals surface area contributed by atoms with Gasteiger partial charge in [-0.25, -0.2) is 4.99 Å². The molecular formula is C13H16N2S. The van der Waals surface area contributed by atoms with E-state index in [4.69, 9.17) is 12.2 Å². The van der Waals surface area contributed by atoms with Crippen LogP contribution in [-0.2, 0) is 0 Å². The van der Waals surface area contributed by atoms with E-state index in [0.29, 0.717) is 4.99 Å². The fourth-order valence-corrected chi connectivity index (χ4v) is 2.01. The Labute approximate surface area is 102 Å². The summed E-state index contributed by atoms with van der Waals surface area (Å²) >= 11 is 5.26. The third-order valence-electron chi connectivity index (χ3n) is 2.75. The van der Waals surface area contributed by atoms with Crippen molar-refractivity contribution in [2.75, 3.05) is 13.1 Å². The van der Waals surface area contributed by atoms with Crippen LogP contribution in [0, 0.1) is 0 Å². The largest absolute Gasteiger partial charge is 0.363 e. The predicted molar refractivity (Wildman–Crippen MR) is 72.1 cm³/mol. The summed E-state index contributed by atoms with van der Waals surface area (Å²) in [7, 11) is 0. The number of hydrogen-bond acceptors (Lipinski definition) is 1. The van der Waals surface area contributed by atoms with Gasteiger partial charge in [-0.3, -0.25) is 0 Å². The number of aliphatic imine (C=N–C) groups is 1. The van der Waals surface area contributed by atoms with Crippen LogP contribution in [0.4, 0.5) is 0 Å². The van der Waals surface area contributed by atoms with Gasteiger partial charge in [0.25, 0.3) is 0 Å². The van der Waals surface area contributed by atoms with Crippen LogP contribution in [0.5, 0.6) is 0 Å². The summed E-state index contributed by atoms with van der Waals surface area (Å²) in [4.78, 5) is 7.27. The maximum absolute atomic E-state index is 5.26. The molecule has 0 unspecified atom stereocenters. The fourth-order valence-electron chi connectivity index (χ4n) is 1.82. The SMILES string of the molecule is S=C(N=CN1CCCCC1)c1ccccc1. The minimum atomic E-state index is 0.672. The van der Waals surface area contributed by atoms with Gasteiger partial charge in [-0.2, -0.15) is 0 Å². The standard InChI is InChI=1S/C13H16N2S/c16-13(12-7-3-1-4-8-12)14-11-15-9-5-2-6-10-15/h1,3-4,7-8,11H,2,5-6,9-10H2. The normalized spacial score (nSPS) is 16.6. The summed E-state index contributed by atoms with van der Waals surface area (Å²) in [5.41, 5.74) is 1.02. The van der Waals surface area contributed by atoms with Crippen LogP contribution in [0.2, 0.25) is 0 Å². The number of rotatable bonds is 2. The van der Waals surface area contributed by atoms with Gasteiger partial charge in [0.1, 0.15) is 4.99 Å². The summed E-state index contributed by atoms with van der Waals surface area (Å²) in [6.45, 7) is 2.22. The molecule has 0 saturated carbocycles. The zero-order chi connectivity index (χ0) is 11.2. The molecule has 2 rings (SSSR count). The average molecular weight is 232 g/mol. The van der Waals surface area contributed by atoms with E-state index in [2.05, 4.69) is 9.89 Å². The lowest BCUT2D eigenvalue weighted by Gasteiger charge is -2.23. The van der Waals surface area contributed by atoms with Crippen molar-refractivity contribution in [2.45, 2.75) is 19.3 Å². The van der Waals surface area contributed by atoms with Crippen LogP contribution in [0.25, 0.3) is 0 Å². The maximum atomic E-state index is 5.26. The van der Waals surface area contributed by atoms with Gasteiger partial charge in [0.05, 0.1) is 6.34 Å². The van der Waals surface area contributed by atoms with Gasteiger partial charge in [0.15, 0.2) is 0 Å². The molecule has 16 heavy (non-hydrogen) atoms. The Bertz CT molecular complexity index is 367. The van der Waals surface area contributed by atoms with Crippen molar-refractivity contribution in [3.63, 3.8) is 0 Å². The highest BCUT2D eigenvalue weighted by atomic mass is 32.1. The van der Waals surface area contributed by atoms with Crippen LogP contribution in [0.15, 0.2) is 35.3 Å². The van der Waals surface area contributed by atoms with Gasteiger partial charge in [0, 0.05) is 18.7 Å². The first-order chi connectivity index (χ1) is 7.86. The number of piperidine rings is 1. The molecule has 0 amide bonds. The van der Waals surface area contributed by atoms with E-state index in [1.807, 2.05) is 36.7 Å². The highest BCUT2D eigenvalue weighted by molar-refractivity contribution is 7.80. The molecule has 0 spiro atoms. The van der Waals surface area contributed by atoms with Crippen LogP contribution >= 0.6 is 12.2 Å². The van der Waals surface area contributed by atoms with E-state index >= 15 is 0 Å². The molecule has 1 saturated heterocycles. The Morgan fingerprint density at radius 1 is 1.12 bits per heavy atom. The maximum Gasteiger partial charge on any atom is 0.135 e. The second kappa shape index (κ2) is 5.75. The van der Waals surface area contributed by atoms with Gasteiger partial charge in [-0.1, -0.05) is 42.5 Å². The molecule has 1 heterocycles. The number of nitrogens with zero attached hydrogens (tertiary/aromatic N) is 2. The molecule has 1 aliphatic heterocycles. The first-order valence-electron chi connectivity index (χ1n) is 5.74. The molecule has 3 heteroatoms. The van der Waals surface area contributed by atoms with E-state index in [1.165, 1.54) is 19.3 Å². The van der Waals surface area contributed by atoms with E-state index < -0.39 is 0 Å². The molecule has 0 aliphatic carbocycles. The lowest BCUT2D eigenvalue weighted by Crippen LogP contribution is -2.28. The average Bonchev–Trinajstić information content (AvgIpc) is 2.38. The first-order valence-corrected chi connectivity index (χ1v) is 6.15. The predicted octanol–water partition coefficient (Wildman–Crippen LogP) is 2.88. The van der Waals surface area contributed by atoms with Crippen LogP contribution in [0.3, 0.4) is 0 Å². The lowest BCUT2D eigenvalue weighted by molar-refractivity contribution is 0.351. The van der Waals surface area contributed by atoms with E-state index in [-0.39, 0.29) is 0 Å². The van der Waals surface area contributed by atoms with E-state index in [1.54, 1.807) is 0 Å². The van der Waals surface area contributed by atoms with Gasteiger partial charge < -0.3 is 4.90 Å². The lowest BCUT2D eigenvalue weighted by atomic mass is 10.1. The molecule has 0 N–H and O–H groups in total. The summed E-state index contributed by atoms with van der Waals surface area (Å²) in [6.07, 6.45) is 5.77. The number of hydrogen-bond donors (Lipinski definition) is 0. The molecule has 84 valence electrons. The molecule has 1 aromatic rings. The first kappa shape index (κ1) is 11.3. The Morgan fingerprint density at radius 3 is 2.50 bits per heavy atom. The minimum absolute atomic E-state index is 0.672. The molecule has 0 atom stereocenters. The Hall–Kier alpha value is -1.22. The summed E-state index contributed by atoms with van der Waals surface area (Å²) in [5, 5.41) is 0. The van der Waals surface area contributed by atoms with E-state index in [9.17, 15) is 0 Å². The Kier molecular flexibility index (Phi) is 4.05. The van der Waals surface area contributed by atoms with Crippen LogP contribution < -0.4 is 0 Å². The zero-order valence-electron chi connectivity index (χ0n) is 9.30.